The molecule has 1 aromatic heterocycles. The summed E-state index contributed by atoms with van der Waals surface area (Å²) in [5.74, 6) is -0.00379. The van der Waals surface area contributed by atoms with E-state index in [1.54, 1.807) is 6.07 Å². The molecule has 1 amide bonds. The van der Waals surface area contributed by atoms with Crippen molar-refractivity contribution in [3.8, 4) is 0 Å². The van der Waals surface area contributed by atoms with Crippen molar-refractivity contribution >= 4 is 17.4 Å². The number of aliphatic hydroxyl groups excluding tert-OH is 1. The molecule has 1 heterocycles. The summed E-state index contributed by atoms with van der Waals surface area (Å²) in [7, 11) is 0. The molecule has 0 aliphatic carbocycles. The van der Waals surface area contributed by atoms with Gasteiger partial charge in [0.2, 0.25) is 0 Å². The van der Waals surface area contributed by atoms with Gasteiger partial charge in [-0.1, -0.05) is 0 Å². The van der Waals surface area contributed by atoms with Crippen LogP contribution in [0.3, 0.4) is 0 Å². The number of aliphatic hydroxyl groups is 1. The Morgan fingerprint density at radius 2 is 2.24 bits per heavy atom. The van der Waals surface area contributed by atoms with Crippen LogP contribution in [0.25, 0.3) is 0 Å². The van der Waals surface area contributed by atoms with Crippen LogP contribution in [-0.2, 0) is 0 Å². The van der Waals surface area contributed by atoms with Gasteiger partial charge in [0.1, 0.15) is 5.82 Å². The molecule has 17 heavy (non-hydrogen) atoms. The molecule has 6 heteroatoms. The fourth-order valence-electron chi connectivity index (χ4n) is 1.57. The van der Waals surface area contributed by atoms with Crippen LogP contribution < -0.4 is 16.4 Å². The molecule has 0 saturated carbocycles. The molecule has 94 valence electrons. The molecule has 6 nitrogen and oxygen atoms in total. The minimum Gasteiger partial charge on any atom is -0.397 e. The number of nitrogen functional groups attached to an aromatic ring is 1. The van der Waals surface area contributed by atoms with Crippen LogP contribution in [0.5, 0.6) is 0 Å². The lowest BCUT2D eigenvalue weighted by Gasteiger charge is -2.27. The van der Waals surface area contributed by atoms with Gasteiger partial charge in [-0.15, -0.1) is 0 Å². The second-order valence-corrected chi connectivity index (χ2v) is 4.00. The fraction of sp³-hybridized carbons (Fsp3) is 0.455. The Hall–Kier alpha value is -1.82. The van der Waals surface area contributed by atoms with Gasteiger partial charge in [0.15, 0.2) is 0 Å². The normalized spacial score (nSPS) is 10.6. The summed E-state index contributed by atoms with van der Waals surface area (Å²) >= 11 is 0. The van der Waals surface area contributed by atoms with Crippen molar-refractivity contribution in [2.45, 2.75) is 19.9 Å². The van der Waals surface area contributed by atoms with Crippen molar-refractivity contribution in [1.82, 2.24) is 4.98 Å². The maximum absolute atomic E-state index is 11.2. The molecule has 1 aromatic rings. The van der Waals surface area contributed by atoms with Gasteiger partial charge in [0.05, 0.1) is 24.1 Å². The summed E-state index contributed by atoms with van der Waals surface area (Å²) in [5, 5.41) is 8.99. The lowest BCUT2D eigenvalue weighted by atomic mass is 10.2. The lowest BCUT2D eigenvalue weighted by molar-refractivity contribution is 0.100. The minimum atomic E-state index is -0.584. The highest BCUT2D eigenvalue weighted by atomic mass is 16.3. The molecule has 1 rings (SSSR count). The van der Waals surface area contributed by atoms with E-state index >= 15 is 0 Å². The van der Waals surface area contributed by atoms with E-state index in [9.17, 15) is 4.79 Å². The molecule has 0 bridgehead atoms. The third kappa shape index (κ3) is 3.07. The van der Waals surface area contributed by atoms with Crippen molar-refractivity contribution < 1.29 is 9.90 Å². The zero-order valence-corrected chi connectivity index (χ0v) is 10.1. The average molecular weight is 238 g/mol. The predicted molar refractivity (Wildman–Crippen MR) is 66.7 cm³/mol. The van der Waals surface area contributed by atoms with Gasteiger partial charge in [0.25, 0.3) is 5.91 Å². The Bertz CT molecular complexity index is 406. The minimum absolute atomic E-state index is 0.0101. The van der Waals surface area contributed by atoms with Gasteiger partial charge < -0.3 is 21.5 Å². The molecule has 0 unspecified atom stereocenters. The van der Waals surface area contributed by atoms with Crippen molar-refractivity contribution in [2.75, 3.05) is 23.8 Å². The van der Waals surface area contributed by atoms with Crippen LogP contribution >= 0.6 is 0 Å². The number of amides is 1. The molecule has 0 spiro atoms. The van der Waals surface area contributed by atoms with Crippen molar-refractivity contribution in [3.63, 3.8) is 0 Å². The number of hydrogen-bond donors (Lipinski definition) is 3. The third-order valence-electron chi connectivity index (χ3n) is 2.44. The quantitative estimate of drug-likeness (QED) is 0.668. The lowest BCUT2D eigenvalue weighted by Crippen LogP contribution is -2.34. The standard InChI is InChI=1S/C11H18N4O2/c1-7(2)15(3-4-16)10-5-8(11(13)17)9(12)6-14-10/h5-7,16H,3-4,12H2,1-2H3,(H2,13,17). The number of nitrogens with zero attached hydrogens (tertiary/aromatic N) is 2. The van der Waals surface area contributed by atoms with Gasteiger partial charge in [-0.25, -0.2) is 4.98 Å². The number of primary amides is 1. The van der Waals surface area contributed by atoms with E-state index in [4.69, 9.17) is 16.6 Å². The largest absolute Gasteiger partial charge is 0.397 e. The maximum Gasteiger partial charge on any atom is 0.250 e. The van der Waals surface area contributed by atoms with Crippen LogP contribution in [0.4, 0.5) is 11.5 Å². The van der Waals surface area contributed by atoms with E-state index in [2.05, 4.69) is 4.98 Å². The molecular formula is C11H18N4O2. The Kier molecular flexibility index (Phi) is 4.28. The first kappa shape index (κ1) is 13.2. The predicted octanol–water partition coefficient (Wildman–Crippen LogP) is -0.0302. The second kappa shape index (κ2) is 5.49. The summed E-state index contributed by atoms with van der Waals surface area (Å²) in [6, 6.07) is 1.70. The van der Waals surface area contributed by atoms with E-state index in [1.807, 2.05) is 18.7 Å². The maximum atomic E-state index is 11.2. The molecule has 0 aliphatic heterocycles. The molecule has 0 aliphatic rings. The highest BCUT2D eigenvalue weighted by Gasteiger charge is 2.14. The third-order valence-corrected chi connectivity index (χ3v) is 2.44. The number of hydrogen-bond acceptors (Lipinski definition) is 5. The van der Waals surface area contributed by atoms with Crippen LogP contribution in [0.15, 0.2) is 12.3 Å². The molecule has 0 radical (unpaired) electrons. The monoisotopic (exact) mass is 238 g/mol. The summed E-state index contributed by atoms with van der Waals surface area (Å²) < 4.78 is 0. The number of pyridine rings is 1. The first-order chi connectivity index (χ1) is 7.97. The van der Waals surface area contributed by atoms with Crippen LogP contribution in [-0.4, -0.2) is 35.2 Å². The van der Waals surface area contributed by atoms with Crippen LogP contribution in [0.1, 0.15) is 24.2 Å². The summed E-state index contributed by atoms with van der Waals surface area (Å²) in [4.78, 5) is 17.2. The summed E-state index contributed by atoms with van der Waals surface area (Å²) in [6.07, 6.45) is 1.40. The number of aromatic nitrogens is 1. The van der Waals surface area contributed by atoms with E-state index < -0.39 is 5.91 Å². The molecule has 0 atom stereocenters. The zero-order valence-electron chi connectivity index (χ0n) is 10.1. The Morgan fingerprint density at radius 3 is 2.71 bits per heavy atom. The first-order valence-corrected chi connectivity index (χ1v) is 5.40. The molecule has 0 aromatic carbocycles. The topological polar surface area (TPSA) is 105 Å². The number of rotatable bonds is 5. The van der Waals surface area contributed by atoms with E-state index in [-0.39, 0.29) is 23.9 Å². The van der Waals surface area contributed by atoms with Gasteiger partial charge >= 0.3 is 0 Å². The van der Waals surface area contributed by atoms with Gasteiger partial charge in [0, 0.05) is 12.6 Å². The Morgan fingerprint density at radius 1 is 1.59 bits per heavy atom. The van der Waals surface area contributed by atoms with Gasteiger partial charge in [-0.05, 0) is 19.9 Å². The van der Waals surface area contributed by atoms with Gasteiger partial charge in [-0.3, -0.25) is 4.79 Å². The Labute approximate surface area is 100 Å². The molecule has 0 saturated heterocycles. The number of anilines is 2. The smallest absolute Gasteiger partial charge is 0.250 e. The van der Waals surface area contributed by atoms with Crippen LogP contribution in [0.2, 0.25) is 0 Å². The van der Waals surface area contributed by atoms with Crippen LogP contribution in [0, 0.1) is 0 Å². The van der Waals surface area contributed by atoms with E-state index in [0.717, 1.165) is 0 Å². The fourth-order valence-corrected chi connectivity index (χ4v) is 1.57. The molecular weight excluding hydrogens is 220 g/mol. The summed E-state index contributed by atoms with van der Waals surface area (Å²) in [5.41, 5.74) is 11.3. The van der Waals surface area contributed by atoms with Crippen molar-refractivity contribution in [2.24, 2.45) is 5.73 Å². The van der Waals surface area contributed by atoms with Crippen molar-refractivity contribution in [1.29, 1.82) is 0 Å². The number of carbonyl (C=O) groups is 1. The van der Waals surface area contributed by atoms with E-state index in [1.165, 1.54) is 6.20 Å². The van der Waals surface area contributed by atoms with Gasteiger partial charge in [-0.2, -0.15) is 0 Å². The molecule has 5 N–H and O–H groups in total. The second-order valence-electron chi connectivity index (χ2n) is 4.00. The Balaban J connectivity index is 3.12. The SMILES string of the molecule is CC(C)N(CCO)c1cc(C(N)=O)c(N)cn1. The van der Waals surface area contributed by atoms with E-state index in [0.29, 0.717) is 12.4 Å². The number of carbonyl (C=O) groups excluding carboxylic acids is 1. The average Bonchev–Trinajstić information content (AvgIpc) is 2.26. The number of nitrogens with two attached hydrogens (primary N) is 2. The summed E-state index contributed by atoms with van der Waals surface area (Å²) in [6.45, 7) is 4.39. The highest BCUT2D eigenvalue weighted by Crippen LogP contribution is 2.19. The highest BCUT2D eigenvalue weighted by molar-refractivity contribution is 5.98. The molecule has 0 fully saturated rings. The first-order valence-electron chi connectivity index (χ1n) is 5.40. The van der Waals surface area contributed by atoms with Crippen molar-refractivity contribution in [3.05, 3.63) is 17.8 Å². The zero-order chi connectivity index (χ0) is 13.0.